The molecule has 0 aromatic carbocycles. The fraction of sp³-hybridized carbons (Fsp3) is 1.00. The van der Waals surface area contributed by atoms with E-state index in [1.165, 1.54) is 38.5 Å². The van der Waals surface area contributed by atoms with Crippen LogP contribution in [0.2, 0.25) is 0 Å². The molecule has 0 fully saturated rings. The van der Waals surface area contributed by atoms with E-state index in [1.807, 2.05) is 27.7 Å². The molecule has 0 N–H and O–H groups in total. The molecule has 0 aliphatic heterocycles. The monoisotopic (exact) mass is 230 g/mol. The van der Waals surface area contributed by atoms with Gasteiger partial charge in [-0.25, -0.2) is 0 Å². The summed E-state index contributed by atoms with van der Waals surface area (Å²) in [6, 6.07) is 0. The molecule has 16 heavy (non-hydrogen) atoms. The van der Waals surface area contributed by atoms with Gasteiger partial charge in [0.1, 0.15) is 0 Å². The molecule has 0 radical (unpaired) electrons. The van der Waals surface area contributed by atoms with Crippen LogP contribution < -0.4 is 0 Å². The van der Waals surface area contributed by atoms with Crippen LogP contribution in [-0.4, -0.2) is 0 Å². The Balaban J connectivity index is -0.000000376. The predicted octanol–water partition coefficient (Wildman–Crippen LogP) is 6.69. The maximum atomic E-state index is 2.43. The molecule has 102 valence electrons. The van der Waals surface area contributed by atoms with Crippen molar-refractivity contribution < 1.29 is 0 Å². The van der Waals surface area contributed by atoms with Crippen molar-refractivity contribution in [1.29, 1.82) is 0 Å². The second-order valence-corrected chi connectivity index (χ2v) is 4.08. The summed E-state index contributed by atoms with van der Waals surface area (Å²) >= 11 is 0. The molecule has 0 aliphatic rings. The summed E-state index contributed by atoms with van der Waals surface area (Å²) in [5.41, 5.74) is 0. The van der Waals surface area contributed by atoms with Crippen LogP contribution in [0.1, 0.15) is 93.9 Å². The molecule has 2 atom stereocenters. The van der Waals surface area contributed by atoms with Crippen LogP contribution in [0.15, 0.2) is 0 Å². The molecule has 0 nitrogen and oxygen atoms in total. The van der Waals surface area contributed by atoms with Gasteiger partial charge in [-0.3, -0.25) is 0 Å². The number of rotatable bonds is 7. The third kappa shape index (κ3) is 14.0. The van der Waals surface area contributed by atoms with Gasteiger partial charge in [-0.15, -0.1) is 0 Å². The molecule has 0 saturated carbocycles. The third-order valence-corrected chi connectivity index (χ3v) is 3.00. The molecule has 0 bridgehead atoms. The van der Waals surface area contributed by atoms with Crippen molar-refractivity contribution in [1.82, 2.24) is 0 Å². The highest BCUT2D eigenvalue weighted by molar-refractivity contribution is 4.64. The van der Waals surface area contributed by atoms with Crippen molar-refractivity contribution in [3.63, 3.8) is 0 Å². The average Bonchev–Trinajstić information content (AvgIpc) is 2.37. The fourth-order valence-corrected chi connectivity index (χ4v) is 2.02. The minimum absolute atomic E-state index is 0.954. The van der Waals surface area contributed by atoms with Gasteiger partial charge in [-0.1, -0.05) is 93.9 Å². The zero-order valence-corrected chi connectivity index (χ0v) is 13.4. The van der Waals surface area contributed by atoms with Gasteiger partial charge in [0.15, 0.2) is 0 Å². The highest BCUT2D eigenvalue weighted by atomic mass is 14.2. The standard InChI is InChI=1S/C12H26.2C2H6/c1-5-8-10-11(4)12(7-3)9-6-2;2*1-2/h11-12H,5-10H2,1-4H3;2*1-2H3. The van der Waals surface area contributed by atoms with Crippen LogP contribution in [0.4, 0.5) is 0 Å². The molecule has 0 saturated heterocycles. The summed E-state index contributed by atoms with van der Waals surface area (Å²) in [5.74, 6) is 1.94. The van der Waals surface area contributed by atoms with E-state index in [1.54, 1.807) is 0 Å². The number of unbranched alkanes of at least 4 members (excludes halogenated alkanes) is 1. The summed E-state index contributed by atoms with van der Waals surface area (Å²) in [5, 5.41) is 0. The van der Waals surface area contributed by atoms with Gasteiger partial charge in [0, 0.05) is 0 Å². The van der Waals surface area contributed by atoms with E-state index >= 15 is 0 Å². The first kappa shape index (κ1) is 21.3. The third-order valence-electron chi connectivity index (χ3n) is 3.00. The molecule has 0 aromatic rings. The minimum Gasteiger partial charge on any atom is -0.0683 e. The topological polar surface area (TPSA) is 0 Å². The first-order chi connectivity index (χ1) is 7.76. The molecule has 0 aromatic heterocycles. The second kappa shape index (κ2) is 20.4. The van der Waals surface area contributed by atoms with Crippen LogP contribution in [-0.2, 0) is 0 Å². The number of hydrogen-bond donors (Lipinski definition) is 0. The molecular formula is C16H38. The van der Waals surface area contributed by atoms with Crippen molar-refractivity contribution in [3.8, 4) is 0 Å². The van der Waals surface area contributed by atoms with E-state index in [9.17, 15) is 0 Å². The van der Waals surface area contributed by atoms with Gasteiger partial charge in [-0.05, 0) is 11.8 Å². The van der Waals surface area contributed by atoms with Gasteiger partial charge < -0.3 is 0 Å². The van der Waals surface area contributed by atoms with Crippen LogP contribution >= 0.6 is 0 Å². The Labute approximate surface area is 106 Å². The molecular weight excluding hydrogens is 192 g/mol. The normalized spacial score (nSPS) is 12.8. The second-order valence-electron chi connectivity index (χ2n) is 4.08. The predicted molar refractivity (Wildman–Crippen MR) is 80.1 cm³/mol. The van der Waals surface area contributed by atoms with Gasteiger partial charge in [0.25, 0.3) is 0 Å². The molecule has 0 aliphatic carbocycles. The van der Waals surface area contributed by atoms with Crippen LogP contribution in [0.5, 0.6) is 0 Å². The molecule has 0 amide bonds. The summed E-state index contributed by atoms with van der Waals surface area (Å²) in [4.78, 5) is 0. The first-order valence-electron chi connectivity index (χ1n) is 7.76. The van der Waals surface area contributed by atoms with E-state index in [-0.39, 0.29) is 0 Å². The molecule has 0 rings (SSSR count). The van der Waals surface area contributed by atoms with Gasteiger partial charge in [-0.2, -0.15) is 0 Å². The van der Waals surface area contributed by atoms with Gasteiger partial charge >= 0.3 is 0 Å². The van der Waals surface area contributed by atoms with Gasteiger partial charge in [0.05, 0.1) is 0 Å². The van der Waals surface area contributed by atoms with E-state index in [2.05, 4.69) is 27.7 Å². The van der Waals surface area contributed by atoms with E-state index in [0.717, 1.165) is 11.8 Å². The lowest BCUT2D eigenvalue weighted by Crippen LogP contribution is -2.10. The van der Waals surface area contributed by atoms with E-state index in [4.69, 9.17) is 0 Å². The highest BCUT2D eigenvalue weighted by Gasteiger charge is 2.13. The minimum atomic E-state index is 0.954. The Morgan fingerprint density at radius 1 is 0.750 bits per heavy atom. The van der Waals surface area contributed by atoms with Gasteiger partial charge in [0.2, 0.25) is 0 Å². The summed E-state index contributed by atoms with van der Waals surface area (Å²) < 4.78 is 0. The molecule has 0 spiro atoms. The summed E-state index contributed by atoms with van der Waals surface area (Å²) in [6.45, 7) is 17.4. The lowest BCUT2D eigenvalue weighted by Gasteiger charge is -2.21. The van der Waals surface area contributed by atoms with E-state index in [0.29, 0.717) is 0 Å². The summed E-state index contributed by atoms with van der Waals surface area (Å²) in [7, 11) is 0. The smallest absolute Gasteiger partial charge is 0.0391 e. The van der Waals surface area contributed by atoms with Crippen LogP contribution in [0.25, 0.3) is 0 Å². The maximum absolute atomic E-state index is 2.43. The average molecular weight is 230 g/mol. The van der Waals surface area contributed by atoms with E-state index < -0.39 is 0 Å². The molecule has 0 heteroatoms. The van der Waals surface area contributed by atoms with Crippen molar-refractivity contribution in [2.75, 3.05) is 0 Å². The maximum Gasteiger partial charge on any atom is -0.0391 e. The fourth-order valence-electron chi connectivity index (χ4n) is 2.02. The zero-order valence-electron chi connectivity index (χ0n) is 13.4. The Bertz CT molecular complexity index is 86.0. The summed E-state index contributed by atoms with van der Waals surface area (Å²) in [6.07, 6.45) is 8.37. The van der Waals surface area contributed by atoms with Crippen molar-refractivity contribution in [3.05, 3.63) is 0 Å². The van der Waals surface area contributed by atoms with Crippen molar-refractivity contribution in [2.45, 2.75) is 93.9 Å². The van der Waals surface area contributed by atoms with Crippen LogP contribution in [0, 0.1) is 11.8 Å². The Hall–Kier alpha value is 0. The van der Waals surface area contributed by atoms with Crippen molar-refractivity contribution in [2.24, 2.45) is 11.8 Å². The zero-order chi connectivity index (χ0) is 13.4. The first-order valence-corrected chi connectivity index (χ1v) is 7.76. The SMILES string of the molecule is CC.CC.CCCCC(C)C(CC)CCC. The highest BCUT2D eigenvalue weighted by Crippen LogP contribution is 2.25. The van der Waals surface area contributed by atoms with Crippen molar-refractivity contribution >= 4 is 0 Å². The quantitative estimate of drug-likeness (QED) is 0.457. The lowest BCUT2D eigenvalue weighted by molar-refractivity contribution is 0.300. The number of hydrogen-bond acceptors (Lipinski definition) is 0. The molecule has 2 unspecified atom stereocenters. The lowest BCUT2D eigenvalue weighted by atomic mass is 9.84. The Morgan fingerprint density at radius 3 is 1.56 bits per heavy atom. The molecule has 0 heterocycles. The largest absolute Gasteiger partial charge is 0.0683 e. The Kier molecular flexibility index (Phi) is 27.2. The van der Waals surface area contributed by atoms with Crippen LogP contribution in [0.3, 0.4) is 0 Å². The Morgan fingerprint density at radius 2 is 1.25 bits per heavy atom.